The van der Waals surface area contributed by atoms with E-state index >= 15 is 0 Å². The number of hydrogen-bond donors (Lipinski definition) is 1. The minimum Gasteiger partial charge on any atom is -0.437 e. The van der Waals surface area contributed by atoms with E-state index in [9.17, 15) is 0 Å². The van der Waals surface area contributed by atoms with Crippen LogP contribution in [0.3, 0.4) is 0 Å². The molecule has 1 aliphatic rings. The Morgan fingerprint density at radius 3 is 3.04 bits per heavy atom. The highest BCUT2D eigenvalue weighted by molar-refractivity contribution is 5.43. The molecule has 1 N–H and O–H groups in total. The molecule has 0 fully saturated rings. The molecule has 4 rings (SSSR count). The van der Waals surface area contributed by atoms with Crippen LogP contribution in [-0.4, -0.2) is 26.4 Å². The standard InChI is InChI=1S/C18H19N5O2/c1-23-17(15-12-24-8-6-16(15)22-23)11-20-13-4-5-18(21-9-13)25-14-3-2-7-19-10-14/h2-5,7,9-10,20H,6,8,11-12H2,1H3. The molecule has 25 heavy (non-hydrogen) atoms. The Morgan fingerprint density at radius 2 is 2.24 bits per heavy atom. The molecule has 0 saturated carbocycles. The van der Waals surface area contributed by atoms with Crippen LogP contribution in [0.4, 0.5) is 5.69 Å². The van der Waals surface area contributed by atoms with Crippen molar-refractivity contribution < 1.29 is 9.47 Å². The highest BCUT2D eigenvalue weighted by Gasteiger charge is 2.19. The zero-order chi connectivity index (χ0) is 17.1. The quantitative estimate of drug-likeness (QED) is 0.771. The van der Waals surface area contributed by atoms with Crippen LogP contribution in [0.2, 0.25) is 0 Å². The molecule has 4 heterocycles. The van der Waals surface area contributed by atoms with Crippen molar-refractivity contribution in [1.82, 2.24) is 19.7 Å². The van der Waals surface area contributed by atoms with Crippen molar-refractivity contribution in [1.29, 1.82) is 0 Å². The molecule has 7 heteroatoms. The van der Waals surface area contributed by atoms with Crippen molar-refractivity contribution in [3.63, 3.8) is 0 Å². The van der Waals surface area contributed by atoms with E-state index in [2.05, 4.69) is 20.4 Å². The van der Waals surface area contributed by atoms with Crippen LogP contribution in [-0.2, 0) is 31.4 Å². The van der Waals surface area contributed by atoms with E-state index in [4.69, 9.17) is 9.47 Å². The first-order chi connectivity index (χ1) is 12.3. The normalized spacial score (nSPS) is 13.3. The fraction of sp³-hybridized carbons (Fsp3) is 0.278. The van der Waals surface area contributed by atoms with E-state index in [1.54, 1.807) is 18.6 Å². The second kappa shape index (κ2) is 6.90. The Morgan fingerprint density at radius 1 is 1.28 bits per heavy atom. The highest BCUT2D eigenvalue weighted by Crippen LogP contribution is 2.22. The van der Waals surface area contributed by atoms with Gasteiger partial charge in [-0.05, 0) is 18.2 Å². The lowest BCUT2D eigenvalue weighted by Gasteiger charge is -2.13. The van der Waals surface area contributed by atoms with Gasteiger partial charge in [-0.1, -0.05) is 0 Å². The zero-order valence-corrected chi connectivity index (χ0v) is 14.0. The van der Waals surface area contributed by atoms with E-state index in [-0.39, 0.29) is 0 Å². The van der Waals surface area contributed by atoms with Crippen molar-refractivity contribution in [2.45, 2.75) is 19.6 Å². The molecular weight excluding hydrogens is 318 g/mol. The molecule has 0 bridgehead atoms. The van der Waals surface area contributed by atoms with Crippen LogP contribution in [0, 0.1) is 0 Å². The van der Waals surface area contributed by atoms with Crippen LogP contribution in [0.1, 0.15) is 17.0 Å². The van der Waals surface area contributed by atoms with E-state index in [0.29, 0.717) is 24.8 Å². The highest BCUT2D eigenvalue weighted by atomic mass is 16.5. The maximum Gasteiger partial charge on any atom is 0.219 e. The number of rotatable bonds is 5. The summed E-state index contributed by atoms with van der Waals surface area (Å²) < 4.78 is 13.1. The van der Waals surface area contributed by atoms with Crippen LogP contribution < -0.4 is 10.1 Å². The number of aryl methyl sites for hydroxylation is 1. The lowest BCUT2D eigenvalue weighted by molar-refractivity contribution is 0.109. The van der Waals surface area contributed by atoms with Crippen LogP contribution in [0.5, 0.6) is 11.6 Å². The zero-order valence-electron chi connectivity index (χ0n) is 14.0. The number of fused-ring (bicyclic) bond motifs is 1. The molecule has 0 saturated heterocycles. The minimum atomic E-state index is 0.532. The number of aromatic nitrogens is 4. The maximum atomic E-state index is 5.65. The van der Waals surface area contributed by atoms with Gasteiger partial charge in [-0.2, -0.15) is 5.10 Å². The molecule has 3 aromatic heterocycles. The number of pyridine rings is 2. The van der Waals surface area contributed by atoms with Gasteiger partial charge in [0.15, 0.2) is 0 Å². The topological polar surface area (TPSA) is 74.1 Å². The maximum absolute atomic E-state index is 5.65. The third kappa shape index (κ3) is 3.46. The molecule has 0 aliphatic carbocycles. The SMILES string of the molecule is Cn1nc2c(c1CNc1ccc(Oc3cccnc3)nc1)COCC2. The van der Waals surface area contributed by atoms with Gasteiger partial charge in [0.05, 0.1) is 49.2 Å². The molecular formula is C18H19N5O2. The van der Waals surface area contributed by atoms with Crippen LogP contribution in [0.25, 0.3) is 0 Å². The second-order valence-corrected chi connectivity index (χ2v) is 5.83. The first kappa shape index (κ1) is 15.6. The van der Waals surface area contributed by atoms with E-state index in [0.717, 1.165) is 30.1 Å². The van der Waals surface area contributed by atoms with Gasteiger partial charge in [0.25, 0.3) is 0 Å². The van der Waals surface area contributed by atoms with Gasteiger partial charge < -0.3 is 14.8 Å². The molecule has 0 spiro atoms. The number of hydrogen-bond acceptors (Lipinski definition) is 6. The number of nitrogens with one attached hydrogen (secondary N) is 1. The van der Waals surface area contributed by atoms with Gasteiger partial charge in [0, 0.05) is 31.3 Å². The Bertz CT molecular complexity index is 846. The van der Waals surface area contributed by atoms with Crippen molar-refractivity contribution in [3.8, 4) is 11.6 Å². The first-order valence-electron chi connectivity index (χ1n) is 8.19. The second-order valence-electron chi connectivity index (χ2n) is 5.83. The molecule has 0 aromatic carbocycles. The number of anilines is 1. The third-order valence-electron chi connectivity index (χ3n) is 4.14. The molecule has 128 valence electrons. The molecule has 0 unspecified atom stereocenters. The van der Waals surface area contributed by atoms with Crippen molar-refractivity contribution >= 4 is 5.69 Å². The van der Waals surface area contributed by atoms with Crippen LogP contribution in [0.15, 0.2) is 42.9 Å². The summed E-state index contributed by atoms with van der Waals surface area (Å²) in [5, 5.41) is 7.96. The van der Waals surface area contributed by atoms with Gasteiger partial charge in [-0.3, -0.25) is 9.67 Å². The Balaban J connectivity index is 1.41. The number of nitrogens with zero attached hydrogens (tertiary/aromatic N) is 4. The van der Waals surface area contributed by atoms with Gasteiger partial charge in [0.1, 0.15) is 5.75 Å². The van der Waals surface area contributed by atoms with Gasteiger partial charge in [-0.25, -0.2) is 4.98 Å². The monoisotopic (exact) mass is 337 g/mol. The molecule has 0 amide bonds. The average Bonchev–Trinajstić information content (AvgIpc) is 2.97. The molecule has 0 atom stereocenters. The summed E-state index contributed by atoms with van der Waals surface area (Å²) in [6, 6.07) is 7.44. The Hall–Kier alpha value is -2.93. The summed E-state index contributed by atoms with van der Waals surface area (Å²) in [5.41, 5.74) is 4.41. The fourth-order valence-electron chi connectivity index (χ4n) is 2.85. The summed E-state index contributed by atoms with van der Waals surface area (Å²) >= 11 is 0. The smallest absolute Gasteiger partial charge is 0.219 e. The average molecular weight is 337 g/mol. The minimum absolute atomic E-state index is 0.532. The predicted octanol–water partition coefficient (Wildman–Crippen LogP) is 2.69. The van der Waals surface area contributed by atoms with Crippen molar-refractivity contribution in [2.75, 3.05) is 11.9 Å². The van der Waals surface area contributed by atoms with Gasteiger partial charge in [0.2, 0.25) is 5.88 Å². The van der Waals surface area contributed by atoms with E-state index in [1.165, 1.54) is 5.56 Å². The van der Waals surface area contributed by atoms with E-state index in [1.807, 2.05) is 36.0 Å². The van der Waals surface area contributed by atoms with Gasteiger partial charge >= 0.3 is 0 Å². The summed E-state index contributed by atoms with van der Waals surface area (Å²) in [5.74, 6) is 1.20. The largest absolute Gasteiger partial charge is 0.437 e. The predicted molar refractivity (Wildman–Crippen MR) is 92.4 cm³/mol. The molecule has 0 radical (unpaired) electrons. The summed E-state index contributed by atoms with van der Waals surface area (Å²) in [4.78, 5) is 8.34. The summed E-state index contributed by atoms with van der Waals surface area (Å²) in [6.07, 6.45) is 5.99. The van der Waals surface area contributed by atoms with Crippen LogP contribution >= 0.6 is 0 Å². The van der Waals surface area contributed by atoms with Crippen molar-refractivity contribution in [2.24, 2.45) is 7.05 Å². The molecule has 1 aliphatic heterocycles. The lowest BCUT2D eigenvalue weighted by Crippen LogP contribution is -2.11. The Kier molecular flexibility index (Phi) is 4.30. The molecule has 3 aromatic rings. The summed E-state index contributed by atoms with van der Waals surface area (Å²) in [6.45, 7) is 2.06. The van der Waals surface area contributed by atoms with Crippen molar-refractivity contribution in [3.05, 3.63) is 59.8 Å². The van der Waals surface area contributed by atoms with E-state index < -0.39 is 0 Å². The lowest BCUT2D eigenvalue weighted by atomic mass is 10.1. The Labute approximate surface area is 145 Å². The fourth-order valence-corrected chi connectivity index (χ4v) is 2.85. The molecule has 7 nitrogen and oxygen atoms in total. The third-order valence-corrected chi connectivity index (χ3v) is 4.14. The first-order valence-corrected chi connectivity index (χ1v) is 8.19. The van der Waals surface area contributed by atoms with Gasteiger partial charge in [-0.15, -0.1) is 0 Å². The summed E-state index contributed by atoms with van der Waals surface area (Å²) in [7, 11) is 1.97. The number of ether oxygens (including phenoxy) is 2.